The minimum atomic E-state index is 0.611. The molecule has 1 fully saturated rings. The summed E-state index contributed by atoms with van der Waals surface area (Å²) in [6.45, 7) is 7.20. The van der Waals surface area contributed by atoms with E-state index in [4.69, 9.17) is 0 Å². The van der Waals surface area contributed by atoms with Gasteiger partial charge in [0.1, 0.15) is 0 Å². The van der Waals surface area contributed by atoms with Gasteiger partial charge in [-0.25, -0.2) is 0 Å². The molecule has 3 heteroatoms. The third-order valence-electron chi connectivity index (χ3n) is 4.15. The molecule has 1 saturated heterocycles. The van der Waals surface area contributed by atoms with Gasteiger partial charge in [-0.15, -0.1) is 11.3 Å². The molecule has 1 aliphatic carbocycles. The van der Waals surface area contributed by atoms with E-state index in [2.05, 4.69) is 23.2 Å². The van der Waals surface area contributed by atoms with Crippen LogP contribution >= 0.6 is 11.3 Å². The maximum absolute atomic E-state index is 3.68. The van der Waals surface area contributed by atoms with Crippen LogP contribution in [0.5, 0.6) is 0 Å². The summed E-state index contributed by atoms with van der Waals surface area (Å²) in [5, 5.41) is 3.68. The van der Waals surface area contributed by atoms with Crippen molar-refractivity contribution in [3.8, 4) is 0 Å². The van der Waals surface area contributed by atoms with Crippen molar-refractivity contribution >= 4 is 11.3 Å². The molecule has 0 saturated carbocycles. The molecular formula is C15H24N2S. The van der Waals surface area contributed by atoms with Gasteiger partial charge in [-0.05, 0) is 63.7 Å². The predicted octanol–water partition coefficient (Wildman–Crippen LogP) is 2.81. The minimum Gasteiger partial charge on any atom is -0.308 e. The van der Waals surface area contributed by atoms with Gasteiger partial charge in [0.25, 0.3) is 0 Å². The summed E-state index contributed by atoms with van der Waals surface area (Å²) in [6.07, 6.45) is 6.80. The fourth-order valence-electron chi connectivity index (χ4n) is 3.17. The second-order valence-corrected chi connectivity index (χ2v) is 7.03. The summed E-state index contributed by atoms with van der Waals surface area (Å²) in [5.41, 5.74) is 1.63. The molecule has 0 amide bonds. The quantitative estimate of drug-likeness (QED) is 0.880. The van der Waals surface area contributed by atoms with Crippen molar-refractivity contribution in [2.45, 2.75) is 51.6 Å². The van der Waals surface area contributed by atoms with Gasteiger partial charge in [0.15, 0.2) is 0 Å². The third kappa shape index (κ3) is 2.95. The SMILES string of the molecule is CC(CN1CCCC1)NCc1cc2c(s1)CCC2. The average molecular weight is 264 g/mol. The van der Waals surface area contributed by atoms with Crippen LogP contribution in [0.2, 0.25) is 0 Å². The summed E-state index contributed by atoms with van der Waals surface area (Å²) in [7, 11) is 0. The van der Waals surface area contributed by atoms with Gasteiger partial charge >= 0.3 is 0 Å². The molecule has 2 heterocycles. The highest BCUT2D eigenvalue weighted by Crippen LogP contribution is 2.30. The number of hydrogen-bond acceptors (Lipinski definition) is 3. The van der Waals surface area contributed by atoms with Crippen LogP contribution in [0, 0.1) is 0 Å². The Morgan fingerprint density at radius 2 is 2.11 bits per heavy atom. The smallest absolute Gasteiger partial charge is 0.0302 e. The molecule has 0 spiro atoms. The number of fused-ring (bicyclic) bond motifs is 1. The van der Waals surface area contributed by atoms with Crippen LogP contribution in [0.4, 0.5) is 0 Å². The van der Waals surface area contributed by atoms with E-state index in [-0.39, 0.29) is 0 Å². The van der Waals surface area contributed by atoms with Crippen LogP contribution in [-0.2, 0) is 19.4 Å². The standard InChI is InChI=1S/C15H24N2S/c1-12(11-17-7-2-3-8-17)16-10-14-9-13-5-4-6-15(13)18-14/h9,12,16H,2-8,10-11H2,1H3. The lowest BCUT2D eigenvalue weighted by Gasteiger charge is -2.20. The van der Waals surface area contributed by atoms with Gasteiger partial charge in [-0.2, -0.15) is 0 Å². The molecule has 2 aliphatic rings. The van der Waals surface area contributed by atoms with E-state index in [1.165, 1.54) is 56.6 Å². The first-order valence-corrected chi connectivity index (χ1v) is 8.19. The van der Waals surface area contributed by atoms with Crippen molar-refractivity contribution in [2.75, 3.05) is 19.6 Å². The molecule has 1 aromatic rings. The fourth-order valence-corrected chi connectivity index (χ4v) is 4.38. The number of nitrogens with zero attached hydrogens (tertiary/aromatic N) is 1. The molecule has 2 nitrogen and oxygen atoms in total. The van der Waals surface area contributed by atoms with E-state index in [1.54, 1.807) is 10.4 Å². The lowest BCUT2D eigenvalue weighted by molar-refractivity contribution is 0.298. The van der Waals surface area contributed by atoms with E-state index in [1.807, 2.05) is 11.3 Å². The summed E-state index contributed by atoms with van der Waals surface area (Å²) in [5.74, 6) is 0. The number of aryl methyl sites for hydroxylation is 2. The highest BCUT2D eigenvalue weighted by Gasteiger charge is 2.16. The Kier molecular flexibility index (Phi) is 4.02. The fraction of sp³-hybridized carbons (Fsp3) is 0.733. The predicted molar refractivity (Wildman–Crippen MR) is 78.3 cm³/mol. The van der Waals surface area contributed by atoms with E-state index >= 15 is 0 Å². The molecule has 0 bridgehead atoms. The van der Waals surface area contributed by atoms with Gasteiger partial charge in [0, 0.05) is 28.9 Å². The number of thiophene rings is 1. The second-order valence-electron chi connectivity index (χ2n) is 5.80. The molecule has 0 radical (unpaired) electrons. The average Bonchev–Trinajstić information content (AvgIpc) is 3.01. The Hall–Kier alpha value is -0.380. The molecular weight excluding hydrogens is 240 g/mol. The Balaban J connectivity index is 1.45. The molecule has 3 rings (SSSR count). The molecule has 1 aromatic heterocycles. The van der Waals surface area contributed by atoms with Gasteiger partial charge in [-0.1, -0.05) is 0 Å². The van der Waals surface area contributed by atoms with Crippen molar-refractivity contribution in [1.29, 1.82) is 0 Å². The summed E-state index contributed by atoms with van der Waals surface area (Å²) in [6, 6.07) is 3.04. The van der Waals surface area contributed by atoms with E-state index < -0.39 is 0 Å². The summed E-state index contributed by atoms with van der Waals surface area (Å²) >= 11 is 2.03. The first-order chi connectivity index (χ1) is 8.81. The number of likely N-dealkylation sites (tertiary alicyclic amines) is 1. The Morgan fingerprint density at radius 3 is 2.89 bits per heavy atom. The van der Waals surface area contributed by atoms with Crippen molar-refractivity contribution in [1.82, 2.24) is 10.2 Å². The normalized spacial score (nSPS) is 21.4. The molecule has 1 aliphatic heterocycles. The van der Waals surface area contributed by atoms with Crippen LogP contribution < -0.4 is 5.32 Å². The van der Waals surface area contributed by atoms with E-state index in [0.717, 1.165) is 6.54 Å². The molecule has 1 N–H and O–H groups in total. The number of hydrogen-bond donors (Lipinski definition) is 1. The zero-order valence-electron chi connectivity index (χ0n) is 11.4. The lowest BCUT2D eigenvalue weighted by Crippen LogP contribution is -2.37. The van der Waals surface area contributed by atoms with Crippen LogP contribution in [-0.4, -0.2) is 30.6 Å². The largest absolute Gasteiger partial charge is 0.308 e. The molecule has 18 heavy (non-hydrogen) atoms. The summed E-state index contributed by atoms with van der Waals surface area (Å²) in [4.78, 5) is 5.78. The Labute approximate surface area is 114 Å². The van der Waals surface area contributed by atoms with Crippen molar-refractivity contribution < 1.29 is 0 Å². The zero-order valence-corrected chi connectivity index (χ0v) is 12.2. The van der Waals surface area contributed by atoms with Crippen molar-refractivity contribution in [2.24, 2.45) is 0 Å². The van der Waals surface area contributed by atoms with Gasteiger partial charge < -0.3 is 10.2 Å². The highest BCUT2D eigenvalue weighted by molar-refractivity contribution is 7.12. The van der Waals surface area contributed by atoms with E-state index in [9.17, 15) is 0 Å². The van der Waals surface area contributed by atoms with E-state index in [0.29, 0.717) is 6.04 Å². The third-order valence-corrected chi connectivity index (χ3v) is 5.39. The molecule has 1 atom stereocenters. The van der Waals surface area contributed by atoms with Crippen LogP contribution in [0.1, 0.15) is 41.5 Å². The monoisotopic (exact) mass is 264 g/mol. The Morgan fingerprint density at radius 1 is 1.28 bits per heavy atom. The summed E-state index contributed by atoms with van der Waals surface area (Å²) < 4.78 is 0. The lowest BCUT2D eigenvalue weighted by atomic mass is 10.2. The molecule has 0 aromatic carbocycles. The Bertz CT molecular complexity index is 372. The zero-order chi connectivity index (χ0) is 12.4. The molecule has 1 unspecified atom stereocenters. The highest BCUT2D eigenvalue weighted by atomic mass is 32.1. The van der Waals surface area contributed by atoms with Gasteiger partial charge in [-0.3, -0.25) is 0 Å². The number of rotatable bonds is 5. The van der Waals surface area contributed by atoms with Crippen molar-refractivity contribution in [3.05, 3.63) is 21.4 Å². The maximum Gasteiger partial charge on any atom is 0.0302 e. The number of nitrogens with one attached hydrogen (secondary N) is 1. The minimum absolute atomic E-state index is 0.611. The first kappa shape index (κ1) is 12.6. The van der Waals surface area contributed by atoms with Gasteiger partial charge in [0.05, 0.1) is 0 Å². The maximum atomic E-state index is 3.68. The molecule has 100 valence electrons. The first-order valence-electron chi connectivity index (χ1n) is 7.37. The van der Waals surface area contributed by atoms with Gasteiger partial charge in [0.2, 0.25) is 0 Å². The topological polar surface area (TPSA) is 15.3 Å². The van der Waals surface area contributed by atoms with Crippen molar-refractivity contribution in [3.63, 3.8) is 0 Å². The van der Waals surface area contributed by atoms with Crippen LogP contribution in [0.25, 0.3) is 0 Å². The van der Waals surface area contributed by atoms with Crippen LogP contribution in [0.3, 0.4) is 0 Å². The second kappa shape index (κ2) is 5.72. The van der Waals surface area contributed by atoms with Crippen LogP contribution in [0.15, 0.2) is 6.07 Å².